The Balaban J connectivity index is 1.79. The number of ether oxygens (including phenoxy) is 1. The number of methoxy groups -OCH3 is 1. The summed E-state index contributed by atoms with van der Waals surface area (Å²) in [5, 5.41) is 13.1. The van der Waals surface area contributed by atoms with Gasteiger partial charge in [0.2, 0.25) is 0 Å². The first-order valence-corrected chi connectivity index (χ1v) is 15.5. The van der Waals surface area contributed by atoms with Crippen molar-refractivity contribution in [3.63, 3.8) is 0 Å². The molecule has 1 amide bonds. The molecule has 2 unspecified atom stereocenters. The van der Waals surface area contributed by atoms with Gasteiger partial charge >= 0.3 is 6.09 Å². The molecule has 1 aromatic heterocycles. The molecule has 3 aromatic rings. The monoisotopic (exact) mass is 506 g/mol. The molecular formula is C30H42N2O3Si. The van der Waals surface area contributed by atoms with E-state index >= 15 is 0 Å². The van der Waals surface area contributed by atoms with E-state index in [1.54, 1.807) is 4.90 Å². The number of aliphatic hydroxyl groups excluding tert-OH is 1. The van der Waals surface area contributed by atoms with Crippen molar-refractivity contribution in [2.75, 3.05) is 20.2 Å². The van der Waals surface area contributed by atoms with Gasteiger partial charge in [0.05, 0.1) is 13.2 Å². The quantitative estimate of drug-likeness (QED) is 0.348. The van der Waals surface area contributed by atoms with Gasteiger partial charge in [0.1, 0.15) is 0 Å². The van der Waals surface area contributed by atoms with Gasteiger partial charge in [-0.3, -0.25) is 0 Å². The van der Waals surface area contributed by atoms with E-state index in [1.807, 2.05) is 18.2 Å². The lowest BCUT2D eigenvalue weighted by molar-refractivity contribution is 0.0788. The number of hydrogen-bond acceptors (Lipinski definition) is 3. The Bertz CT molecular complexity index is 1180. The van der Waals surface area contributed by atoms with Gasteiger partial charge in [-0.25, -0.2) is 4.79 Å². The van der Waals surface area contributed by atoms with Crippen molar-refractivity contribution in [2.24, 2.45) is 0 Å². The number of aliphatic hydroxyl groups is 1. The van der Waals surface area contributed by atoms with Crippen molar-refractivity contribution in [2.45, 2.75) is 76.1 Å². The number of hydrogen-bond donors (Lipinski definition) is 1. The lowest BCUT2D eigenvalue weighted by atomic mass is 9.72. The largest absolute Gasteiger partial charge is 0.453 e. The normalized spacial score (nSPS) is 19.6. The first kappa shape index (κ1) is 26.5. The highest BCUT2D eigenvalue weighted by atomic mass is 28.3. The van der Waals surface area contributed by atoms with Crippen LogP contribution in [0.5, 0.6) is 0 Å². The molecule has 36 heavy (non-hydrogen) atoms. The first-order valence-electron chi connectivity index (χ1n) is 13.3. The number of likely N-dealkylation sites (tertiary alicyclic amines) is 1. The van der Waals surface area contributed by atoms with Crippen LogP contribution in [0.1, 0.15) is 65.2 Å². The molecule has 1 saturated heterocycles. The van der Waals surface area contributed by atoms with Crippen LogP contribution in [0.4, 0.5) is 4.79 Å². The number of carbonyl (C=O) groups is 1. The van der Waals surface area contributed by atoms with Crippen molar-refractivity contribution in [3.8, 4) is 0 Å². The summed E-state index contributed by atoms with van der Waals surface area (Å²) in [7, 11) is -0.472. The second kappa shape index (κ2) is 10.1. The molecule has 2 aromatic carbocycles. The fraction of sp³-hybridized carbons (Fsp3) is 0.500. The molecule has 6 heteroatoms. The summed E-state index contributed by atoms with van der Waals surface area (Å²) in [6.45, 7) is 15.3. The van der Waals surface area contributed by atoms with Gasteiger partial charge in [0.25, 0.3) is 0 Å². The van der Waals surface area contributed by atoms with Crippen molar-refractivity contribution >= 4 is 25.2 Å². The topological polar surface area (TPSA) is 54.7 Å². The van der Waals surface area contributed by atoms with E-state index in [2.05, 4.69) is 88.4 Å². The van der Waals surface area contributed by atoms with E-state index in [1.165, 1.54) is 12.6 Å². The minimum Gasteiger partial charge on any atom is -0.453 e. The van der Waals surface area contributed by atoms with Gasteiger partial charge < -0.3 is 19.0 Å². The first-order chi connectivity index (χ1) is 17.1. The third-order valence-corrected chi connectivity index (χ3v) is 15.6. The van der Waals surface area contributed by atoms with Crippen LogP contribution in [0.2, 0.25) is 16.6 Å². The fourth-order valence-corrected chi connectivity index (χ4v) is 13.9. The van der Waals surface area contributed by atoms with Gasteiger partial charge in [0, 0.05) is 24.0 Å². The molecule has 0 saturated carbocycles. The molecule has 0 spiro atoms. The van der Waals surface area contributed by atoms with Gasteiger partial charge in [-0.2, -0.15) is 0 Å². The number of fused-ring (bicyclic) bond motifs is 1. The standard InChI is InChI=1S/C30H42N2O3Si/c1-21(2)36(22(3)4,23(5)6)32-17-15-24-19-25(13-14-27(24)32)28(33)30(26-11-9-8-10-12-26)16-18-31(20-30)29(34)35-7/h8-15,17,19,21-23,28,33H,16,18,20H2,1-7H3. The number of rotatable bonds is 7. The predicted octanol–water partition coefficient (Wildman–Crippen LogP) is 7.11. The van der Waals surface area contributed by atoms with Crippen molar-refractivity contribution in [3.05, 3.63) is 71.9 Å². The Hall–Kier alpha value is -2.57. The molecule has 1 fully saturated rings. The Morgan fingerprint density at radius 2 is 1.61 bits per heavy atom. The zero-order valence-electron chi connectivity index (χ0n) is 22.9. The molecule has 2 heterocycles. The molecule has 0 radical (unpaired) electrons. The maximum Gasteiger partial charge on any atom is 0.409 e. The third-order valence-electron chi connectivity index (χ3n) is 8.83. The Kier molecular flexibility index (Phi) is 7.40. The highest BCUT2D eigenvalue weighted by molar-refractivity contribution is 6.82. The van der Waals surface area contributed by atoms with Crippen LogP contribution in [-0.4, -0.2) is 48.8 Å². The van der Waals surface area contributed by atoms with E-state index < -0.39 is 19.8 Å². The zero-order valence-corrected chi connectivity index (χ0v) is 23.9. The SMILES string of the molecule is COC(=O)N1CCC(c2ccccc2)(C(O)c2ccc3c(ccn3[Si](C(C)C)(C(C)C)C(C)C)c2)C1. The number of nitrogens with zero attached hydrogens (tertiary/aromatic N) is 2. The van der Waals surface area contributed by atoms with E-state index in [9.17, 15) is 9.90 Å². The van der Waals surface area contributed by atoms with E-state index in [-0.39, 0.29) is 6.09 Å². The Morgan fingerprint density at radius 3 is 2.19 bits per heavy atom. The highest BCUT2D eigenvalue weighted by Gasteiger charge is 2.48. The molecule has 5 nitrogen and oxygen atoms in total. The summed E-state index contributed by atoms with van der Waals surface area (Å²) in [5.74, 6) is 0. The second-order valence-corrected chi connectivity index (χ2v) is 17.1. The summed E-state index contributed by atoms with van der Waals surface area (Å²) in [6, 6.07) is 18.8. The van der Waals surface area contributed by atoms with Crippen LogP contribution in [0.3, 0.4) is 0 Å². The van der Waals surface area contributed by atoms with Crippen molar-refractivity contribution in [1.82, 2.24) is 9.13 Å². The number of aromatic nitrogens is 1. The summed E-state index contributed by atoms with van der Waals surface area (Å²) in [4.78, 5) is 14.1. The number of amides is 1. The molecule has 0 bridgehead atoms. The van der Waals surface area contributed by atoms with E-state index in [0.29, 0.717) is 36.1 Å². The van der Waals surface area contributed by atoms with Crippen LogP contribution in [0.25, 0.3) is 10.9 Å². The van der Waals surface area contributed by atoms with Gasteiger partial charge in [-0.05, 0) is 64.0 Å². The van der Waals surface area contributed by atoms with Crippen LogP contribution in [0.15, 0.2) is 60.8 Å². The lowest BCUT2D eigenvalue weighted by Crippen LogP contribution is -2.51. The second-order valence-electron chi connectivity index (χ2n) is 11.4. The molecule has 1 aliphatic heterocycles. The van der Waals surface area contributed by atoms with Crippen molar-refractivity contribution < 1.29 is 14.6 Å². The van der Waals surface area contributed by atoms with Crippen LogP contribution in [-0.2, 0) is 10.2 Å². The molecule has 1 N–H and O–H groups in total. The van der Waals surface area contributed by atoms with E-state index in [0.717, 1.165) is 16.5 Å². The van der Waals surface area contributed by atoms with Crippen LogP contribution >= 0.6 is 0 Å². The average molecular weight is 507 g/mol. The van der Waals surface area contributed by atoms with Crippen LogP contribution in [0, 0.1) is 0 Å². The fourth-order valence-electron chi connectivity index (χ4n) is 7.33. The maximum absolute atomic E-state index is 12.4. The summed E-state index contributed by atoms with van der Waals surface area (Å²) in [5.41, 5.74) is 4.41. The minimum absolute atomic E-state index is 0.343. The summed E-state index contributed by atoms with van der Waals surface area (Å²) in [6.07, 6.45) is 1.87. The zero-order chi connectivity index (χ0) is 26.3. The number of benzene rings is 2. The number of carbonyl (C=O) groups excluding carboxylic acids is 1. The molecule has 194 valence electrons. The molecular weight excluding hydrogens is 464 g/mol. The van der Waals surface area contributed by atoms with Crippen LogP contribution < -0.4 is 0 Å². The maximum atomic E-state index is 12.4. The highest BCUT2D eigenvalue weighted by Crippen LogP contribution is 2.47. The van der Waals surface area contributed by atoms with Gasteiger partial charge in [-0.1, -0.05) is 77.9 Å². The molecule has 1 aliphatic rings. The summed E-state index contributed by atoms with van der Waals surface area (Å²) < 4.78 is 7.62. The molecule has 4 rings (SSSR count). The minimum atomic E-state index is -1.88. The average Bonchev–Trinajstić information content (AvgIpc) is 3.49. The Labute approximate surface area is 217 Å². The molecule has 2 atom stereocenters. The lowest BCUT2D eigenvalue weighted by Gasteiger charge is -2.44. The molecule has 0 aliphatic carbocycles. The van der Waals surface area contributed by atoms with E-state index in [4.69, 9.17) is 4.74 Å². The Morgan fingerprint density at radius 1 is 0.972 bits per heavy atom. The smallest absolute Gasteiger partial charge is 0.409 e. The third kappa shape index (κ3) is 4.08. The van der Waals surface area contributed by atoms with Gasteiger partial charge in [0.15, 0.2) is 8.24 Å². The summed E-state index contributed by atoms with van der Waals surface area (Å²) >= 11 is 0. The van der Waals surface area contributed by atoms with Gasteiger partial charge in [-0.15, -0.1) is 0 Å². The van der Waals surface area contributed by atoms with Crippen molar-refractivity contribution in [1.29, 1.82) is 0 Å². The predicted molar refractivity (Wildman–Crippen MR) is 150 cm³/mol.